The van der Waals surface area contributed by atoms with Gasteiger partial charge in [-0.2, -0.15) is 0 Å². The van der Waals surface area contributed by atoms with Crippen LogP contribution in [0.2, 0.25) is 0 Å². The van der Waals surface area contributed by atoms with Crippen molar-refractivity contribution in [2.45, 2.75) is 78.6 Å². The highest BCUT2D eigenvalue weighted by atomic mass is 28.3. The van der Waals surface area contributed by atoms with Crippen LogP contribution in [-0.4, -0.2) is 14.8 Å². The highest BCUT2D eigenvalue weighted by Crippen LogP contribution is 2.46. The molecule has 0 spiro atoms. The van der Waals surface area contributed by atoms with Gasteiger partial charge in [0.05, 0.1) is 0 Å². The van der Waals surface area contributed by atoms with Crippen molar-refractivity contribution in [3.8, 4) is 0 Å². The fourth-order valence-corrected chi connectivity index (χ4v) is 15.6. The van der Waals surface area contributed by atoms with Crippen molar-refractivity contribution in [1.29, 1.82) is 0 Å². The van der Waals surface area contributed by atoms with Gasteiger partial charge in [-0.1, -0.05) is 172 Å². The number of rotatable bonds is 4. The minimum absolute atomic E-state index is 0.0207. The second kappa shape index (κ2) is 12.7. The summed E-state index contributed by atoms with van der Waals surface area (Å²) in [6.07, 6.45) is 0. The van der Waals surface area contributed by atoms with Crippen LogP contribution in [0, 0.1) is 0 Å². The maximum absolute atomic E-state index is 2.89. The molecule has 7 aromatic carbocycles. The molecule has 2 nitrogen and oxygen atoms in total. The molecule has 286 valence electrons. The molecule has 0 saturated heterocycles. The molecule has 0 aromatic heterocycles. The first kappa shape index (κ1) is 36.7. The Bertz CT molecular complexity index is 2660. The lowest BCUT2D eigenvalue weighted by atomic mass is 9.33. The zero-order valence-electron chi connectivity index (χ0n) is 35.5. The fraction of sp³-hybridized carbons (Fsp3) is 0.222. The predicted octanol–water partition coefficient (Wildman–Crippen LogP) is 9.35. The van der Waals surface area contributed by atoms with Crippen LogP contribution in [0.5, 0.6) is 0 Å². The summed E-state index contributed by atoms with van der Waals surface area (Å²) >= 11 is 0. The second-order valence-electron chi connectivity index (χ2n) is 19.8. The third-order valence-electron chi connectivity index (χ3n) is 13.2. The minimum atomic E-state index is -2.89. The minimum Gasteiger partial charge on any atom is -0.311 e. The molecule has 3 aliphatic rings. The molecule has 7 aromatic rings. The van der Waals surface area contributed by atoms with Crippen LogP contribution in [0.15, 0.2) is 158 Å². The van der Waals surface area contributed by atoms with Gasteiger partial charge >= 0.3 is 0 Å². The lowest BCUT2D eigenvalue weighted by Gasteiger charge is -2.51. The van der Waals surface area contributed by atoms with E-state index < -0.39 is 8.07 Å². The van der Waals surface area contributed by atoms with Crippen molar-refractivity contribution in [2.24, 2.45) is 0 Å². The van der Waals surface area contributed by atoms with Gasteiger partial charge in [0.2, 0.25) is 0 Å². The van der Waals surface area contributed by atoms with Crippen molar-refractivity contribution in [2.75, 3.05) is 9.80 Å². The summed E-state index contributed by atoms with van der Waals surface area (Å²) in [6.45, 7) is 21.1. The molecular formula is C54H53BN2Si. The van der Waals surface area contributed by atoms with E-state index in [0.717, 1.165) is 0 Å². The van der Waals surface area contributed by atoms with Crippen molar-refractivity contribution < 1.29 is 0 Å². The first-order valence-electron chi connectivity index (χ1n) is 21.1. The van der Waals surface area contributed by atoms with Crippen LogP contribution >= 0.6 is 0 Å². The van der Waals surface area contributed by atoms with E-state index in [-0.39, 0.29) is 23.0 Å². The quantitative estimate of drug-likeness (QED) is 0.165. The molecular weight excluding hydrogens is 716 g/mol. The lowest BCUT2D eigenvalue weighted by molar-refractivity contribution is 0.569. The molecule has 0 aliphatic carbocycles. The van der Waals surface area contributed by atoms with Crippen molar-refractivity contribution >= 4 is 86.0 Å². The summed E-state index contributed by atoms with van der Waals surface area (Å²) in [5.74, 6) is 0. The molecule has 0 bridgehead atoms. The molecule has 0 atom stereocenters. The zero-order valence-corrected chi connectivity index (χ0v) is 36.5. The third kappa shape index (κ3) is 5.30. The smallest absolute Gasteiger partial charge is 0.251 e. The van der Waals surface area contributed by atoms with Crippen LogP contribution in [0.4, 0.5) is 34.1 Å². The Morgan fingerprint density at radius 3 is 1.19 bits per heavy atom. The number of nitrogens with zero attached hydrogens (tertiary/aromatic N) is 2. The highest BCUT2D eigenvalue weighted by molar-refractivity contribution is 7.27. The summed E-state index contributed by atoms with van der Waals surface area (Å²) in [6, 6.07) is 61.3. The van der Waals surface area contributed by atoms with Crippen molar-refractivity contribution in [3.63, 3.8) is 0 Å². The lowest BCUT2D eigenvalue weighted by Crippen LogP contribution is -2.88. The Morgan fingerprint density at radius 2 is 0.759 bits per heavy atom. The maximum atomic E-state index is 2.63. The largest absolute Gasteiger partial charge is 0.311 e. The number of hydrogen-bond donors (Lipinski definition) is 0. The van der Waals surface area contributed by atoms with Crippen LogP contribution < -0.4 is 46.9 Å². The van der Waals surface area contributed by atoms with E-state index in [9.17, 15) is 0 Å². The monoisotopic (exact) mass is 768 g/mol. The molecule has 0 saturated carbocycles. The summed E-state index contributed by atoms with van der Waals surface area (Å²) in [4.78, 5) is 5.21. The van der Waals surface area contributed by atoms with E-state index >= 15 is 0 Å². The fourth-order valence-electron chi connectivity index (χ4n) is 10.3. The van der Waals surface area contributed by atoms with E-state index in [1.165, 1.54) is 87.9 Å². The molecule has 0 amide bonds. The average molecular weight is 769 g/mol. The number of benzene rings is 7. The van der Waals surface area contributed by atoms with Gasteiger partial charge in [-0.15, -0.1) is 0 Å². The highest BCUT2D eigenvalue weighted by Gasteiger charge is 2.56. The van der Waals surface area contributed by atoms with E-state index in [1.807, 2.05) is 0 Å². The molecule has 0 radical (unpaired) electrons. The number of anilines is 6. The summed E-state index contributed by atoms with van der Waals surface area (Å²) < 4.78 is 0. The number of hydrogen-bond acceptors (Lipinski definition) is 2. The molecule has 4 heteroatoms. The SMILES string of the molecule is CC(C)(C)c1ccc(N2c3cccc4c3B3c5c2cccc5[Si](c2ccccc2)(c2ccccc2)c2cccc(c23)N4c2cc(C(C)(C)C)cc(C(C)(C)C)c2)cc1. The zero-order chi connectivity index (χ0) is 40.4. The van der Waals surface area contributed by atoms with Gasteiger partial charge in [-0.3, -0.25) is 0 Å². The van der Waals surface area contributed by atoms with Crippen LogP contribution in [0.25, 0.3) is 0 Å². The Kier molecular flexibility index (Phi) is 8.05. The molecule has 0 unspecified atom stereocenters. The van der Waals surface area contributed by atoms with Crippen molar-refractivity contribution in [3.05, 3.63) is 174 Å². The van der Waals surface area contributed by atoms with Crippen LogP contribution in [-0.2, 0) is 16.2 Å². The van der Waals surface area contributed by atoms with Crippen LogP contribution in [0.1, 0.15) is 79.0 Å². The van der Waals surface area contributed by atoms with E-state index in [0.29, 0.717) is 0 Å². The van der Waals surface area contributed by atoms with E-state index in [2.05, 4.69) is 230 Å². The van der Waals surface area contributed by atoms with Gasteiger partial charge in [0, 0.05) is 34.1 Å². The first-order valence-corrected chi connectivity index (χ1v) is 23.1. The Hall–Kier alpha value is -5.58. The van der Waals surface area contributed by atoms with Gasteiger partial charge < -0.3 is 9.80 Å². The topological polar surface area (TPSA) is 6.48 Å². The van der Waals surface area contributed by atoms with Crippen molar-refractivity contribution in [1.82, 2.24) is 0 Å². The average Bonchev–Trinajstić information content (AvgIpc) is 3.21. The van der Waals surface area contributed by atoms with Gasteiger partial charge in [-0.25, -0.2) is 0 Å². The summed E-state index contributed by atoms with van der Waals surface area (Å²) in [5, 5.41) is 5.83. The molecule has 3 aliphatic heterocycles. The molecule has 0 fully saturated rings. The molecule has 58 heavy (non-hydrogen) atoms. The maximum Gasteiger partial charge on any atom is 0.251 e. The first-order chi connectivity index (χ1) is 27.7. The Morgan fingerprint density at radius 1 is 0.362 bits per heavy atom. The molecule has 0 N–H and O–H groups in total. The van der Waals surface area contributed by atoms with Gasteiger partial charge in [0.15, 0.2) is 8.07 Å². The summed E-state index contributed by atoms with van der Waals surface area (Å²) in [7, 11) is -2.89. The standard InChI is InChI=1S/C54H53BN2Si/c1-52(2,3)36-29-31-39(32-30-36)56-43-23-16-24-44-49(43)55-50-45(56)25-17-27-47(50)58(41-19-12-10-13-20-41,42-21-14-11-15-22-42)48-28-18-26-46(51(48)55)57(44)40-34-37(53(4,5)6)33-38(35-40)54(7,8)9/h10-35H,1-9H3. The van der Waals surface area contributed by atoms with Gasteiger partial charge in [0.25, 0.3) is 6.71 Å². The van der Waals surface area contributed by atoms with E-state index in [4.69, 9.17) is 0 Å². The summed E-state index contributed by atoms with van der Waals surface area (Å²) in [5.41, 5.74) is 15.9. The van der Waals surface area contributed by atoms with Crippen LogP contribution in [0.3, 0.4) is 0 Å². The van der Waals surface area contributed by atoms with Gasteiger partial charge in [0.1, 0.15) is 0 Å². The molecule has 3 heterocycles. The third-order valence-corrected chi connectivity index (χ3v) is 18.1. The Balaban J connectivity index is 1.37. The van der Waals surface area contributed by atoms with E-state index in [1.54, 1.807) is 0 Å². The van der Waals surface area contributed by atoms with Gasteiger partial charge in [-0.05, 0) is 119 Å². The normalized spacial score (nSPS) is 15.0. The Labute approximate surface area is 347 Å². The second-order valence-corrected chi connectivity index (χ2v) is 23.6. The molecule has 10 rings (SSSR count). The predicted molar refractivity (Wildman–Crippen MR) is 254 cm³/mol.